The van der Waals surface area contributed by atoms with Gasteiger partial charge < -0.3 is 5.32 Å². The number of pyridine rings is 1. The van der Waals surface area contributed by atoms with Gasteiger partial charge in [-0.05, 0) is 24.5 Å². The number of aryl methyl sites for hydroxylation is 1. The van der Waals surface area contributed by atoms with Gasteiger partial charge in [-0.15, -0.1) is 11.3 Å². The van der Waals surface area contributed by atoms with Gasteiger partial charge in [0.05, 0.1) is 5.69 Å². The number of thiazole rings is 1. The molecule has 2 rings (SSSR count). The summed E-state index contributed by atoms with van der Waals surface area (Å²) in [6.07, 6.45) is 3.74. The summed E-state index contributed by atoms with van der Waals surface area (Å²) in [5, 5.41) is 4.60. The smallest absolute Gasteiger partial charge is 0.124 e. The number of nitrogens with zero attached hydrogens (tertiary/aromatic N) is 2. The lowest BCUT2D eigenvalue weighted by atomic mass is 10.1. The SMILES string of the molecule is Cc1cnccc1-c1nc(C(C)C)c(CNC(C)C)s1. The van der Waals surface area contributed by atoms with E-state index in [2.05, 4.69) is 51.0 Å². The van der Waals surface area contributed by atoms with E-state index in [1.165, 1.54) is 21.7 Å². The molecule has 0 aromatic carbocycles. The first kappa shape index (κ1) is 15.1. The van der Waals surface area contributed by atoms with E-state index in [-0.39, 0.29) is 0 Å². The van der Waals surface area contributed by atoms with Crippen LogP contribution in [0, 0.1) is 6.92 Å². The molecule has 2 aromatic heterocycles. The number of nitrogens with one attached hydrogen (secondary N) is 1. The normalized spacial score (nSPS) is 11.6. The van der Waals surface area contributed by atoms with Gasteiger partial charge in [0.15, 0.2) is 0 Å². The average molecular weight is 289 g/mol. The molecule has 2 heterocycles. The summed E-state index contributed by atoms with van der Waals surface area (Å²) in [7, 11) is 0. The molecule has 0 aliphatic heterocycles. The zero-order chi connectivity index (χ0) is 14.7. The Morgan fingerprint density at radius 3 is 2.60 bits per heavy atom. The van der Waals surface area contributed by atoms with E-state index in [0.717, 1.165) is 11.6 Å². The van der Waals surface area contributed by atoms with E-state index >= 15 is 0 Å². The summed E-state index contributed by atoms with van der Waals surface area (Å²) in [5.74, 6) is 0.450. The van der Waals surface area contributed by atoms with E-state index in [4.69, 9.17) is 4.98 Å². The highest BCUT2D eigenvalue weighted by Crippen LogP contribution is 2.33. The minimum atomic E-state index is 0.450. The summed E-state index contributed by atoms with van der Waals surface area (Å²) in [4.78, 5) is 10.4. The Morgan fingerprint density at radius 2 is 2.00 bits per heavy atom. The lowest BCUT2D eigenvalue weighted by Gasteiger charge is -2.09. The van der Waals surface area contributed by atoms with Gasteiger partial charge >= 0.3 is 0 Å². The predicted octanol–water partition coefficient (Wildman–Crippen LogP) is 4.13. The van der Waals surface area contributed by atoms with Crippen LogP contribution in [-0.2, 0) is 6.54 Å². The molecular formula is C16H23N3S. The third-order valence-corrected chi connectivity index (χ3v) is 4.30. The van der Waals surface area contributed by atoms with Crippen molar-refractivity contribution in [2.45, 2.75) is 53.1 Å². The van der Waals surface area contributed by atoms with Crippen LogP contribution in [0.2, 0.25) is 0 Å². The molecule has 0 unspecified atom stereocenters. The molecule has 2 aromatic rings. The molecule has 0 saturated carbocycles. The van der Waals surface area contributed by atoms with Crippen molar-refractivity contribution in [3.05, 3.63) is 34.6 Å². The second-order valence-electron chi connectivity index (χ2n) is 5.71. The van der Waals surface area contributed by atoms with Gasteiger partial charge in [-0.25, -0.2) is 4.98 Å². The summed E-state index contributed by atoms with van der Waals surface area (Å²) in [5.41, 5.74) is 3.59. The molecule has 4 heteroatoms. The highest BCUT2D eigenvalue weighted by Gasteiger charge is 2.16. The Labute approximate surface area is 125 Å². The zero-order valence-corrected chi connectivity index (χ0v) is 13.7. The predicted molar refractivity (Wildman–Crippen MR) is 86.1 cm³/mol. The van der Waals surface area contributed by atoms with Gasteiger partial charge in [-0.3, -0.25) is 4.98 Å². The summed E-state index contributed by atoms with van der Waals surface area (Å²) >= 11 is 1.80. The highest BCUT2D eigenvalue weighted by molar-refractivity contribution is 7.15. The first-order chi connectivity index (χ1) is 9.49. The van der Waals surface area contributed by atoms with Crippen molar-refractivity contribution in [1.29, 1.82) is 0 Å². The van der Waals surface area contributed by atoms with Crippen LogP contribution in [0.15, 0.2) is 18.5 Å². The quantitative estimate of drug-likeness (QED) is 0.899. The second kappa shape index (κ2) is 6.46. The molecule has 0 amide bonds. The molecule has 0 atom stereocenters. The summed E-state index contributed by atoms with van der Waals surface area (Å²) < 4.78 is 0. The third-order valence-electron chi connectivity index (χ3n) is 3.20. The lowest BCUT2D eigenvalue weighted by molar-refractivity contribution is 0.588. The van der Waals surface area contributed by atoms with Gasteiger partial charge in [0.2, 0.25) is 0 Å². The van der Waals surface area contributed by atoms with E-state index in [1.54, 1.807) is 11.3 Å². The Bertz CT molecular complexity index is 573. The minimum absolute atomic E-state index is 0.450. The second-order valence-corrected chi connectivity index (χ2v) is 6.79. The van der Waals surface area contributed by atoms with Crippen molar-refractivity contribution in [2.75, 3.05) is 0 Å². The molecule has 0 spiro atoms. The van der Waals surface area contributed by atoms with Crippen LogP contribution in [0.25, 0.3) is 10.6 Å². The first-order valence-electron chi connectivity index (χ1n) is 7.13. The Balaban J connectivity index is 2.36. The lowest BCUT2D eigenvalue weighted by Crippen LogP contribution is -2.22. The maximum Gasteiger partial charge on any atom is 0.124 e. The third kappa shape index (κ3) is 3.44. The number of rotatable bonds is 5. The van der Waals surface area contributed by atoms with Crippen LogP contribution in [-0.4, -0.2) is 16.0 Å². The molecule has 3 nitrogen and oxygen atoms in total. The van der Waals surface area contributed by atoms with Gasteiger partial charge in [-0.1, -0.05) is 27.7 Å². The van der Waals surface area contributed by atoms with Crippen LogP contribution in [0.4, 0.5) is 0 Å². The molecule has 0 radical (unpaired) electrons. The summed E-state index contributed by atoms with van der Waals surface area (Å²) in [6.45, 7) is 11.7. The molecule has 0 fully saturated rings. The van der Waals surface area contributed by atoms with Gasteiger partial charge in [0, 0.05) is 35.4 Å². The molecule has 1 N–H and O–H groups in total. The van der Waals surface area contributed by atoms with Crippen molar-refractivity contribution in [3.8, 4) is 10.6 Å². The summed E-state index contributed by atoms with van der Waals surface area (Å²) in [6, 6.07) is 2.54. The van der Waals surface area contributed by atoms with Crippen LogP contribution < -0.4 is 5.32 Å². The monoisotopic (exact) mass is 289 g/mol. The fourth-order valence-electron chi connectivity index (χ4n) is 2.07. The van der Waals surface area contributed by atoms with Crippen molar-refractivity contribution in [1.82, 2.24) is 15.3 Å². The molecule has 108 valence electrons. The topological polar surface area (TPSA) is 37.8 Å². The first-order valence-corrected chi connectivity index (χ1v) is 7.94. The Kier molecular flexibility index (Phi) is 4.89. The van der Waals surface area contributed by atoms with Gasteiger partial charge in [0.25, 0.3) is 0 Å². The average Bonchev–Trinajstić information content (AvgIpc) is 2.81. The van der Waals surface area contributed by atoms with Crippen molar-refractivity contribution >= 4 is 11.3 Å². The molecule has 20 heavy (non-hydrogen) atoms. The number of hydrogen-bond donors (Lipinski definition) is 1. The number of aromatic nitrogens is 2. The van der Waals surface area contributed by atoms with Crippen LogP contribution in [0.1, 0.15) is 49.7 Å². The van der Waals surface area contributed by atoms with Crippen LogP contribution in [0.5, 0.6) is 0 Å². The molecule has 0 aliphatic rings. The van der Waals surface area contributed by atoms with Crippen molar-refractivity contribution in [3.63, 3.8) is 0 Å². The van der Waals surface area contributed by atoms with E-state index < -0.39 is 0 Å². The number of hydrogen-bond acceptors (Lipinski definition) is 4. The van der Waals surface area contributed by atoms with E-state index in [1.807, 2.05) is 12.4 Å². The molecule has 0 aliphatic carbocycles. The fourth-order valence-corrected chi connectivity index (χ4v) is 3.32. The Morgan fingerprint density at radius 1 is 1.25 bits per heavy atom. The standard InChI is InChI=1S/C16H23N3S/c1-10(2)15-14(9-18-11(3)4)20-16(19-15)13-6-7-17-8-12(13)5/h6-8,10-11,18H,9H2,1-5H3. The highest BCUT2D eigenvalue weighted by atomic mass is 32.1. The van der Waals surface area contributed by atoms with E-state index in [0.29, 0.717) is 12.0 Å². The maximum absolute atomic E-state index is 4.87. The maximum atomic E-state index is 4.87. The largest absolute Gasteiger partial charge is 0.310 e. The van der Waals surface area contributed by atoms with Crippen molar-refractivity contribution in [2.24, 2.45) is 0 Å². The van der Waals surface area contributed by atoms with E-state index in [9.17, 15) is 0 Å². The molecule has 0 bridgehead atoms. The zero-order valence-electron chi connectivity index (χ0n) is 12.9. The minimum Gasteiger partial charge on any atom is -0.310 e. The molecular weight excluding hydrogens is 266 g/mol. The van der Waals surface area contributed by atoms with Crippen molar-refractivity contribution < 1.29 is 0 Å². The molecule has 0 saturated heterocycles. The van der Waals surface area contributed by atoms with Crippen LogP contribution >= 0.6 is 11.3 Å². The van der Waals surface area contributed by atoms with Crippen LogP contribution in [0.3, 0.4) is 0 Å². The Hall–Kier alpha value is -1.26. The fraction of sp³-hybridized carbons (Fsp3) is 0.500. The van der Waals surface area contributed by atoms with Gasteiger partial charge in [-0.2, -0.15) is 0 Å². The van der Waals surface area contributed by atoms with Gasteiger partial charge in [0.1, 0.15) is 5.01 Å².